The van der Waals surface area contributed by atoms with Crippen molar-refractivity contribution in [2.75, 3.05) is 13.2 Å². The van der Waals surface area contributed by atoms with Crippen molar-refractivity contribution in [1.29, 1.82) is 0 Å². The third-order valence-corrected chi connectivity index (χ3v) is 3.97. The number of hydrogen-bond acceptors (Lipinski definition) is 4. The summed E-state index contributed by atoms with van der Waals surface area (Å²) in [6.45, 7) is 4.66. The highest BCUT2D eigenvalue weighted by atomic mass is 32.1. The summed E-state index contributed by atoms with van der Waals surface area (Å²) in [7, 11) is 1.95. The Bertz CT molecular complexity index is 478. The second kappa shape index (κ2) is 6.13. The van der Waals surface area contributed by atoms with Gasteiger partial charge < -0.3 is 5.11 Å². The zero-order valence-electron chi connectivity index (χ0n) is 10.8. The van der Waals surface area contributed by atoms with Gasteiger partial charge in [0.2, 0.25) is 0 Å². The van der Waals surface area contributed by atoms with Crippen molar-refractivity contribution >= 4 is 11.3 Å². The zero-order valence-corrected chi connectivity index (χ0v) is 11.7. The molecule has 98 valence electrons. The summed E-state index contributed by atoms with van der Waals surface area (Å²) in [5.41, 5.74) is 2.41. The average molecular weight is 265 g/mol. The van der Waals surface area contributed by atoms with E-state index in [4.69, 9.17) is 5.11 Å². The van der Waals surface area contributed by atoms with Crippen LogP contribution in [0.15, 0.2) is 23.7 Å². The van der Waals surface area contributed by atoms with E-state index in [9.17, 15) is 0 Å². The lowest BCUT2D eigenvalue weighted by molar-refractivity contribution is 0.185. The maximum atomic E-state index is 9.16. The Morgan fingerprint density at radius 2 is 2.28 bits per heavy atom. The molecule has 18 heavy (non-hydrogen) atoms. The van der Waals surface area contributed by atoms with Crippen molar-refractivity contribution in [3.05, 3.63) is 39.8 Å². The average Bonchev–Trinajstić information content (AvgIpc) is 2.95. The molecule has 0 fully saturated rings. The minimum Gasteiger partial charge on any atom is -0.395 e. The molecule has 2 rings (SSSR count). The molecule has 0 unspecified atom stereocenters. The maximum absolute atomic E-state index is 9.16. The molecule has 0 aliphatic heterocycles. The van der Waals surface area contributed by atoms with Gasteiger partial charge in [-0.2, -0.15) is 5.10 Å². The van der Waals surface area contributed by atoms with Crippen LogP contribution in [0, 0.1) is 6.92 Å². The first kappa shape index (κ1) is 13.3. The Kier molecular flexibility index (Phi) is 4.52. The molecule has 1 N–H and O–H groups in total. The van der Waals surface area contributed by atoms with Gasteiger partial charge in [-0.15, -0.1) is 11.3 Å². The molecular formula is C13H19N3OS. The fraction of sp³-hybridized carbons (Fsp3) is 0.462. The van der Waals surface area contributed by atoms with Gasteiger partial charge in [-0.1, -0.05) is 6.07 Å². The summed E-state index contributed by atoms with van der Waals surface area (Å²) in [5.74, 6) is 0. The molecule has 0 aliphatic rings. The fourth-order valence-electron chi connectivity index (χ4n) is 1.92. The van der Waals surface area contributed by atoms with Crippen molar-refractivity contribution in [1.82, 2.24) is 14.7 Å². The van der Waals surface area contributed by atoms with Gasteiger partial charge in [0.25, 0.3) is 0 Å². The third kappa shape index (κ3) is 3.19. The molecule has 0 atom stereocenters. The quantitative estimate of drug-likeness (QED) is 0.865. The van der Waals surface area contributed by atoms with Gasteiger partial charge in [-0.3, -0.25) is 9.58 Å². The molecule has 0 aliphatic carbocycles. The Labute approximate surface area is 111 Å². The maximum Gasteiger partial charge on any atom is 0.0558 e. The highest BCUT2D eigenvalue weighted by Gasteiger charge is 2.11. The molecule has 2 aromatic heterocycles. The number of thiophene rings is 1. The van der Waals surface area contributed by atoms with Gasteiger partial charge in [-0.25, -0.2) is 0 Å². The summed E-state index contributed by atoms with van der Waals surface area (Å²) < 4.78 is 1.89. The van der Waals surface area contributed by atoms with Crippen LogP contribution in [-0.2, 0) is 20.1 Å². The molecule has 0 radical (unpaired) electrons. The SMILES string of the molecule is Cc1c(CN(CCO)Cc2cccs2)cnn1C. The van der Waals surface area contributed by atoms with Crippen molar-refractivity contribution in [2.45, 2.75) is 20.0 Å². The third-order valence-electron chi connectivity index (χ3n) is 3.11. The van der Waals surface area contributed by atoms with E-state index in [1.165, 1.54) is 16.1 Å². The number of aryl methyl sites for hydroxylation is 1. The van der Waals surface area contributed by atoms with Crippen LogP contribution in [0.3, 0.4) is 0 Å². The second-order valence-electron chi connectivity index (χ2n) is 4.39. The lowest BCUT2D eigenvalue weighted by atomic mass is 10.2. The molecule has 4 nitrogen and oxygen atoms in total. The van der Waals surface area contributed by atoms with Crippen molar-refractivity contribution in [3.8, 4) is 0 Å². The second-order valence-corrected chi connectivity index (χ2v) is 5.42. The van der Waals surface area contributed by atoms with Gasteiger partial charge in [0.1, 0.15) is 0 Å². The molecule has 0 amide bonds. The summed E-state index contributed by atoms with van der Waals surface area (Å²) in [6, 6.07) is 4.19. The lowest BCUT2D eigenvalue weighted by Crippen LogP contribution is -2.25. The fourth-order valence-corrected chi connectivity index (χ4v) is 2.66. The van der Waals surface area contributed by atoms with Crippen LogP contribution in [0.5, 0.6) is 0 Å². The van der Waals surface area contributed by atoms with Crippen LogP contribution in [0.25, 0.3) is 0 Å². The van der Waals surface area contributed by atoms with E-state index in [0.717, 1.165) is 13.1 Å². The number of aliphatic hydroxyl groups excluding tert-OH is 1. The highest BCUT2D eigenvalue weighted by molar-refractivity contribution is 7.09. The Hall–Kier alpha value is -1.17. The van der Waals surface area contributed by atoms with E-state index in [2.05, 4.69) is 34.4 Å². The predicted octanol–water partition coefficient (Wildman–Crippen LogP) is 1.78. The van der Waals surface area contributed by atoms with E-state index < -0.39 is 0 Å². The first-order chi connectivity index (χ1) is 8.70. The summed E-state index contributed by atoms with van der Waals surface area (Å²) in [4.78, 5) is 3.57. The van der Waals surface area contributed by atoms with E-state index in [0.29, 0.717) is 6.54 Å². The van der Waals surface area contributed by atoms with Crippen molar-refractivity contribution < 1.29 is 5.11 Å². The molecule has 0 saturated carbocycles. The van der Waals surface area contributed by atoms with E-state index in [-0.39, 0.29) is 6.61 Å². The topological polar surface area (TPSA) is 41.3 Å². The molecule has 2 aromatic rings. The minimum absolute atomic E-state index is 0.185. The molecule has 0 saturated heterocycles. The Morgan fingerprint density at radius 3 is 2.83 bits per heavy atom. The van der Waals surface area contributed by atoms with E-state index in [1.54, 1.807) is 11.3 Å². The molecular weight excluding hydrogens is 246 g/mol. The Balaban J connectivity index is 2.04. The van der Waals surface area contributed by atoms with Crippen LogP contribution in [0.1, 0.15) is 16.1 Å². The molecule has 0 spiro atoms. The number of nitrogens with zero attached hydrogens (tertiary/aromatic N) is 3. The highest BCUT2D eigenvalue weighted by Crippen LogP contribution is 2.15. The van der Waals surface area contributed by atoms with Crippen molar-refractivity contribution in [3.63, 3.8) is 0 Å². The van der Waals surface area contributed by atoms with Gasteiger partial charge in [-0.05, 0) is 18.4 Å². The van der Waals surface area contributed by atoms with Gasteiger partial charge in [0, 0.05) is 42.8 Å². The summed E-state index contributed by atoms with van der Waals surface area (Å²) in [5, 5.41) is 15.5. The molecule has 5 heteroatoms. The summed E-state index contributed by atoms with van der Waals surface area (Å²) >= 11 is 1.75. The smallest absolute Gasteiger partial charge is 0.0558 e. The Morgan fingerprint density at radius 1 is 1.44 bits per heavy atom. The molecule has 0 bridgehead atoms. The number of hydrogen-bond donors (Lipinski definition) is 1. The first-order valence-corrected chi connectivity index (χ1v) is 6.91. The van der Waals surface area contributed by atoms with Crippen LogP contribution in [-0.4, -0.2) is 32.9 Å². The van der Waals surface area contributed by atoms with Crippen LogP contribution in [0.4, 0.5) is 0 Å². The standard InChI is InChI=1S/C13H19N3OS/c1-11-12(8-14-15(11)2)9-16(5-6-17)10-13-4-3-7-18-13/h3-4,7-8,17H,5-6,9-10H2,1-2H3. The van der Waals surface area contributed by atoms with E-state index >= 15 is 0 Å². The number of rotatable bonds is 6. The number of aliphatic hydroxyl groups is 1. The molecule has 0 aromatic carbocycles. The zero-order chi connectivity index (χ0) is 13.0. The molecule has 2 heterocycles. The van der Waals surface area contributed by atoms with Gasteiger partial charge >= 0.3 is 0 Å². The van der Waals surface area contributed by atoms with Gasteiger partial charge in [0.15, 0.2) is 0 Å². The monoisotopic (exact) mass is 265 g/mol. The normalized spacial score (nSPS) is 11.3. The lowest BCUT2D eigenvalue weighted by Gasteiger charge is -2.20. The summed E-state index contributed by atoms with van der Waals surface area (Å²) in [6.07, 6.45) is 1.91. The minimum atomic E-state index is 0.185. The van der Waals surface area contributed by atoms with Crippen LogP contribution >= 0.6 is 11.3 Å². The van der Waals surface area contributed by atoms with Crippen molar-refractivity contribution in [2.24, 2.45) is 7.05 Å². The number of aromatic nitrogens is 2. The predicted molar refractivity (Wildman–Crippen MR) is 73.5 cm³/mol. The van der Waals surface area contributed by atoms with Crippen LogP contribution < -0.4 is 0 Å². The van der Waals surface area contributed by atoms with E-state index in [1.807, 2.05) is 17.9 Å². The van der Waals surface area contributed by atoms with Gasteiger partial charge in [0.05, 0.1) is 12.8 Å². The van der Waals surface area contributed by atoms with Crippen LogP contribution in [0.2, 0.25) is 0 Å². The first-order valence-electron chi connectivity index (χ1n) is 6.03. The largest absolute Gasteiger partial charge is 0.395 e.